The number of amides is 2. The predicted octanol–water partition coefficient (Wildman–Crippen LogP) is 4.43. The number of aromatic nitrogens is 1. The Balaban J connectivity index is 1.69. The average molecular weight is 443 g/mol. The van der Waals surface area contributed by atoms with E-state index in [1.165, 1.54) is 27.4 Å². The van der Waals surface area contributed by atoms with Crippen molar-refractivity contribution in [2.75, 3.05) is 33.2 Å². The van der Waals surface area contributed by atoms with Crippen molar-refractivity contribution in [3.8, 4) is 17.2 Å². The minimum Gasteiger partial charge on any atom is -0.493 e. The summed E-state index contributed by atoms with van der Waals surface area (Å²) >= 11 is 0. The zero-order chi connectivity index (χ0) is 22.8. The monoisotopic (exact) mass is 443 g/mol. The maximum absolute atomic E-state index is 14.0. The smallest absolute Gasteiger partial charge is 0.322 e. The molecule has 1 N–H and O–H groups in total. The summed E-state index contributed by atoms with van der Waals surface area (Å²) in [6.45, 7) is 0.951. The second-order valence-corrected chi connectivity index (χ2v) is 7.24. The van der Waals surface area contributed by atoms with Gasteiger partial charge < -0.3 is 29.0 Å². The summed E-state index contributed by atoms with van der Waals surface area (Å²) in [6.07, 6.45) is 1.90. The van der Waals surface area contributed by atoms with Gasteiger partial charge in [-0.15, -0.1) is 0 Å². The molecule has 0 saturated carbocycles. The molecule has 0 aliphatic carbocycles. The van der Waals surface area contributed by atoms with Crippen molar-refractivity contribution in [1.29, 1.82) is 0 Å². The molecular formula is C23H23F2N3O4. The lowest BCUT2D eigenvalue weighted by atomic mass is 10.00. The molecule has 1 atom stereocenters. The number of fused-ring (bicyclic) bond motifs is 1. The van der Waals surface area contributed by atoms with Gasteiger partial charge in [-0.3, -0.25) is 0 Å². The second kappa shape index (κ2) is 8.78. The van der Waals surface area contributed by atoms with E-state index >= 15 is 0 Å². The van der Waals surface area contributed by atoms with Gasteiger partial charge in [0, 0.05) is 37.1 Å². The minimum absolute atomic E-state index is 0.377. The zero-order valence-corrected chi connectivity index (χ0v) is 17.9. The molecule has 0 radical (unpaired) electrons. The van der Waals surface area contributed by atoms with Crippen LogP contribution in [0.5, 0.6) is 17.2 Å². The van der Waals surface area contributed by atoms with Crippen LogP contribution in [0.4, 0.5) is 19.3 Å². The number of nitrogens with one attached hydrogen (secondary N) is 1. The maximum atomic E-state index is 14.0. The van der Waals surface area contributed by atoms with Crippen LogP contribution in [0.25, 0.3) is 0 Å². The lowest BCUT2D eigenvalue weighted by Crippen LogP contribution is -2.44. The number of anilines is 1. The second-order valence-electron chi connectivity index (χ2n) is 7.24. The van der Waals surface area contributed by atoms with Gasteiger partial charge in [0.1, 0.15) is 0 Å². The molecule has 9 heteroatoms. The van der Waals surface area contributed by atoms with Crippen LogP contribution >= 0.6 is 0 Å². The van der Waals surface area contributed by atoms with Crippen LogP contribution in [0.1, 0.15) is 17.3 Å². The Hall–Kier alpha value is -3.75. The van der Waals surface area contributed by atoms with Crippen molar-refractivity contribution in [1.82, 2.24) is 9.47 Å². The number of carbonyl (C=O) groups is 1. The highest BCUT2D eigenvalue weighted by atomic mass is 19.2. The highest BCUT2D eigenvalue weighted by Gasteiger charge is 2.33. The van der Waals surface area contributed by atoms with Crippen LogP contribution < -0.4 is 19.5 Å². The van der Waals surface area contributed by atoms with E-state index in [0.717, 1.165) is 17.8 Å². The van der Waals surface area contributed by atoms with Gasteiger partial charge in [-0.25, -0.2) is 13.6 Å². The molecule has 7 nitrogen and oxygen atoms in total. The molecule has 0 saturated heterocycles. The summed E-state index contributed by atoms with van der Waals surface area (Å²) in [5, 5.41) is 2.86. The highest BCUT2D eigenvalue weighted by molar-refractivity contribution is 5.91. The predicted molar refractivity (Wildman–Crippen MR) is 114 cm³/mol. The molecule has 4 rings (SSSR count). The summed E-state index contributed by atoms with van der Waals surface area (Å²) < 4.78 is 45.6. The number of hydrogen-bond acceptors (Lipinski definition) is 4. The normalized spacial score (nSPS) is 15.2. The van der Waals surface area contributed by atoms with Gasteiger partial charge in [0.2, 0.25) is 5.75 Å². The standard InChI is InChI=1S/C23H23F2N3O4/c1-30-19-12-15(13-20(31-2)22(19)32-3)26-23(29)28-10-9-27-8-4-5-18(27)21(28)14-6-7-16(24)17(25)11-14/h4-8,11-13,21H,9-10H2,1-3H3,(H,26,29)/t21-/m0/s1. The van der Waals surface area contributed by atoms with Crippen molar-refractivity contribution in [3.05, 3.63) is 71.6 Å². The topological polar surface area (TPSA) is 65.0 Å². The van der Waals surface area contributed by atoms with Gasteiger partial charge in [-0.2, -0.15) is 0 Å². The Bertz CT molecular complexity index is 1120. The van der Waals surface area contributed by atoms with E-state index in [-0.39, 0.29) is 0 Å². The fourth-order valence-electron chi connectivity index (χ4n) is 3.98. The number of hydrogen-bond donors (Lipinski definition) is 1. The molecule has 2 amide bonds. The van der Waals surface area contributed by atoms with E-state index in [2.05, 4.69) is 5.32 Å². The Labute approximate surface area is 184 Å². The fraction of sp³-hybridized carbons (Fsp3) is 0.261. The molecule has 0 fully saturated rings. The van der Waals surface area contributed by atoms with E-state index in [0.29, 0.717) is 41.6 Å². The minimum atomic E-state index is -0.962. The van der Waals surface area contributed by atoms with E-state index in [9.17, 15) is 13.6 Å². The van der Waals surface area contributed by atoms with Crippen LogP contribution in [-0.2, 0) is 6.54 Å². The molecule has 0 bridgehead atoms. The van der Waals surface area contributed by atoms with Crippen molar-refractivity contribution in [2.45, 2.75) is 12.6 Å². The third-order valence-corrected chi connectivity index (χ3v) is 5.47. The first kappa shape index (κ1) is 21.5. The number of urea groups is 1. The summed E-state index contributed by atoms with van der Waals surface area (Å²) in [6, 6.07) is 9.68. The quantitative estimate of drug-likeness (QED) is 0.634. The number of methoxy groups -OCH3 is 3. The van der Waals surface area contributed by atoms with Crippen LogP contribution in [0.3, 0.4) is 0 Å². The number of carbonyl (C=O) groups excluding carboxylic acids is 1. The van der Waals surface area contributed by atoms with Gasteiger partial charge in [-0.05, 0) is 29.8 Å². The van der Waals surface area contributed by atoms with Gasteiger partial charge in [0.05, 0.1) is 33.1 Å². The number of halogens is 2. The molecular weight excluding hydrogens is 420 g/mol. The first-order valence-corrected chi connectivity index (χ1v) is 9.94. The van der Waals surface area contributed by atoms with Crippen LogP contribution in [0.15, 0.2) is 48.7 Å². The molecule has 0 unspecified atom stereocenters. The maximum Gasteiger partial charge on any atom is 0.322 e. The lowest BCUT2D eigenvalue weighted by Gasteiger charge is -2.37. The molecule has 32 heavy (non-hydrogen) atoms. The molecule has 1 aliphatic heterocycles. The molecule has 2 aromatic carbocycles. The lowest BCUT2D eigenvalue weighted by molar-refractivity contribution is 0.181. The Morgan fingerprint density at radius 2 is 1.69 bits per heavy atom. The molecule has 0 spiro atoms. The van der Waals surface area contributed by atoms with Gasteiger partial charge in [-0.1, -0.05) is 6.07 Å². The molecule has 3 aromatic rings. The summed E-state index contributed by atoms with van der Waals surface area (Å²) in [7, 11) is 4.47. The highest BCUT2D eigenvalue weighted by Crippen LogP contribution is 2.40. The largest absolute Gasteiger partial charge is 0.493 e. The SMILES string of the molecule is COc1cc(NC(=O)N2CCn3cccc3[C@@H]2c2ccc(F)c(F)c2)cc(OC)c1OC. The molecule has 168 valence electrons. The van der Waals surface area contributed by atoms with Crippen molar-refractivity contribution in [3.63, 3.8) is 0 Å². The first-order valence-electron chi connectivity index (χ1n) is 9.94. The van der Waals surface area contributed by atoms with E-state index in [4.69, 9.17) is 14.2 Å². The van der Waals surface area contributed by atoms with Crippen molar-refractivity contribution < 1.29 is 27.8 Å². The number of benzene rings is 2. The van der Waals surface area contributed by atoms with Crippen molar-refractivity contribution >= 4 is 11.7 Å². The number of nitrogens with zero attached hydrogens (tertiary/aromatic N) is 2. The van der Waals surface area contributed by atoms with Crippen LogP contribution in [0, 0.1) is 11.6 Å². The number of rotatable bonds is 5. The van der Waals surface area contributed by atoms with Crippen LogP contribution in [0.2, 0.25) is 0 Å². The molecule has 2 heterocycles. The van der Waals surface area contributed by atoms with E-state index < -0.39 is 23.7 Å². The third-order valence-electron chi connectivity index (χ3n) is 5.47. The Morgan fingerprint density at radius 3 is 2.31 bits per heavy atom. The summed E-state index contributed by atoms with van der Waals surface area (Å²) in [5.74, 6) is -0.702. The van der Waals surface area contributed by atoms with Crippen molar-refractivity contribution in [2.24, 2.45) is 0 Å². The molecule has 1 aromatic heterocycles. The number of ether oxygens (including phenoxy) is 3. The fourth-order valence-corrected chi connectivity index (χ4v) is 3.98. The Kier molecular flexibility index (Phi) is 5.89. The van der Waals surface area contributed by atoms with E-state index in [1.54, 1.807) is 17.0 Å². The van der Waals surface area contributed by atoms with Gasteiger partial charge >= 0.3 is 6.03 Å². The zero-order valence-electron chi connectivity index (χ0n) is 17.9. The molecule has 1 aliphatic rings. The summed E-state index contributed by atoms with van der Waals surface area (Å²) in [4.78, 5) is 14.9. The summed E-state index contributed by atoms with van der Waals surface area (Å²) in [5.41, 5.74) is 1.72. The van der Waals surface area contributed by atoms with Gasteiger partial charge in [0.15, 0.2) is 23.1 Å². The first-order chi connectivity index (χ1) is 15.5. The van der Waals surface area contributed by atoms with E-state index in [1.807, 2.05) is 22.9 Å². The Morgan fingerprint density at radius 1 is 0.969 bits per heavy atom. The average Bonchev–Trinajstić information content (AvgIpc) is 3.28. The third kappa shape index (κ3) is 3.81. The van der Waals surface area contributed by atoms with Gasteiger partial charge in [0.25, 0.3) is 0 Å². The van der Waals surface area contributed by atoms with Crippen LogP contribution in [-0.4, -0.2) is 43.4 Å².